The molecule has 2 atom stereocenters. The number of amides is 1. The van der Waals surface area contributed by atoms with Crippen LogP contribution in [0.4, 0.5) is 0 Å². The molecule has 0 aromatic heterocycles. The van der Waals surface area contributed by atoms with E-state index in [4.69, 9.17) is 11.6 Å². The molecule has 1 aromatic carbocycles. The summed E-state index contributed by atoms with van der Waals surface area (Å²) in [7, 11) is 0. The molecule has 0 aliphatic carbocycles. The fourth-order valence-corrected chi connectivity index (χ4v) is 2.82. The molecule has 0 spiro atoms. The zero-order valence-corrected chi connectivity index (χ0v) is 11.1. The molecule has 2 rings (SSSR count). The molecule has 17 heavy (non-hydrogen) atoms. The smallest absolute Gasteiger partial charge is 0.253 e. The first kappa shape index (κ1) is 12.4. The topological polar surface area (TPSA) is 20.3 Å². The maximum atomic E-state index is 12.3. The van der Waals surface area contributed by atoms with Crippen LogP contribution in [0.15, 0.2) is 24.3 Å². The number of hydrogen-bond acceptors (Lipinski definition) is 1. The van der Waals surface area contributed by atoms with Crippen molar-refractivity contribution >= 4 is 17.5 Å². The number of benzene rings is 1. The summed E-state index contributed by atoms with van der Waals surface area (Å²) in [6, 6.07) is 7.19. The molecule has 0 bridgehead atoms. The van der Waals surface area contributed by atoms with Gasteiger partial charge in [0.05, 0.1) is 0 Å². The van der Waals surface area contributed by atoms with Crippen LogP contribution in [0, 0.1) is 11.8 Å². The van der Waals surface area contributed by atoms with Gasteiger partial charge >= 0.3 is 0 Å². The predicted molar refractivity (Wildman–Crippen MR) is 70.3 cm³/mol. The van der Waals surface area contributed by atoms with Crippen molar-refractivity contribution in [1.29, 1.82) is 0 Å². The molecular weight excluding hydrogens is 234 g/mol. The minimum Gasteiger partial charge on any atom is -0.338 e. The molecule has 0 radical (unpaired) electrons. The molecule has 2 nitrogen and oxygen atoms in total. The standard InChI is InChI=1S/C14H18ClNO/c1-10-6-11(2)9-16(8-10)14(17)12-4-3-5-13(15)7-12/h3-5,7,10-11H,6,8-9H2,1-2H3/t10-,11-/m0/s1. The van der Waals surface area contributed by atoms with Gasteiger partial charge in [-0.1, -0.05) is 31.5 Å². The number of hydrogen-bond donors (Lipinski definition) is 0. The molecule has 0 unspecified atom stereocenters. The van der Waals surface area contributed by atoms with Crippen LogP contribution >= 0.6 is 11.6 Å². The van der Waals surface area contributed by atoms with E-state index in [2.05, 4.69) is 13.8 Å². The Bertz CT molecular complexity index is 408. The summed E-state index contributed by atoms with van der Waals surface area (Å²) < 4.78 is 0. The minimum absolute atomic E-state index is 0.103. The minimum atomic E-state index is 0.103. The lowest BCUT2D eigenvalue weighted by Crippen LogP contribution is -2.42. The third-order valence-corrected chi connectivity index (χ3v) is 3.46. The Labute approximate surface area is 108 Å². The summed E-state index contributed by atoms with van der Waals surface area (Å²) in [6.45, 7) is 6.12. The van der Waals surface area contributed by atoms with Crippen LogP contribution in [0.1, 0.15) is 30.6 Å². The largest absolute Gasteiger partial charge is 0.338 e. The molecule has 0 saturated carbocycles. The van der Waals surface area contributed by atoms with Crippen molar-refractivity contribution in [1.82, 2.24) is 4.90 Å². The van der Waals surface area contributed by atoms with E-state index in [1.54, 1.807) is 12.1 Å². The average molecular weight is 252 g/mol. The maximum absolute atomic E-state index is 12.3. The van der Waals surface area contributed by atoms with E-state index in [1.165, 1.54) is 6.42 Å². The Balaban J connectivity index is 2.14. The third kappa shape index (κ3) is 3.01. The highest BCUT2D eigenvalue weighted by molar-refractivity contribution is 6.30. The first-order valence-corrected chi connectivity index (χ1v) is 6.49. The molecular formula is C14H18ClNO. The Morgan fingerprint density at radius 3 is 2.53 bits per heavy atom. The Kier molecular flexibility index (Phi) is 3.72. The van der Waals surface area contributed by atoms with Gasteiger partial charge in [0.25, 0.3) is 5.91 Å². The SMILES string of the molecule is C[C@H]1C[C@H](C)CN(C(=O)c2cccc(Cl)c2)C1. The second kappa shape index (κ2) is 5.09. The molecule has 1 heterocycles. The van der Waals surface area contributed by atoms with Gasteiger partial charge < -0.3 is 4.90 Å². The monoisotopic (exact) mass is 251 g/mol. The van der Waals surface area contributed by atoms with Crippen LogP contribution in [-0.2, 0) is 0 Å². The number of carbonyl (C=O) groups excluding carboxylic acids is 1. The van der Waals surface area contributed by atoms with Crippen molar-refractivity contribution < 1.29 is 4.79 Å². The van der Waals surface area contributed by atoms with Gasteiger partial charge in [-0.3, -0.25) is 4.79 Å². The van der Waals surface area contributed by atoms with E-state index in [9.17, 15) is 4.79 Å². The highest BCUT2D eigenvalue weighted by Crippen LogP contribution is 2.23. The molecule has 1 aliphatic heterocycles. The molecule has 1 aromatic rings. The maximum Gasteiger partial charge on any atom is 0.253 e. The number of rotatable bonds is 1. The summed E-state index contributed by atoms with van der Waals surface area (Å²) >= 11 is 5.91. The van der Waals surface area contributed by atoms with Crippen molar-refractivity contribution in [2.75, 3.05) is 13.1 Å². The van der Waals surface area contributed by atoms with E-state index in [1.807, 2.05) is 17.0 Å². The van der Waals surface area contributed by atoms with Crippen LogP contribution in [0.25, 0.3) is 0 Å². The fraction of sp³-hybridized carbons (Fsp3) is 0.500. The van der Waals surface area contributed by atoms with E-state index in [0.29, 0.717) is 22.4 Å². The number of likely N-dealkylation sites (tertiary alicyclic amines) is 1. The van der Waals surface area contributed by atoms with Gasteiger partial charge in [-0.15, -0.1) is 0 Å². The lowest BCUT2D eigenvalue weighted by atomic mass is 9.91. The van der Waals surface area contributed by atoms with Crippen LogP contribution in [-0.4, -0.2) is 23.9 Å². The third-order valence-electron chi connectivity index (χ3n) is 3.23. The summed E-state index contributed by atoms with van der Waals surface area (Å²) in [4.78, 5) is 14.3. The summed E-state index contributed by atoms with van der Waals surface area (Å²) in [5.41, 5.74) is 0.693. The fourth-order valence-electron chi connectivity index (χ4n) is 2.63. The normalized spacial score (nSPS) is 24.8. The average Bonchev–Trinajstić information content (AvgIpc) is 2.26. The van der Waals surface area contributed by atoms with Gasteiger partial charge in [-0.2, -0.15) is 0 Å². The molecule has 3 heteroatoms. The summed E-state index contributed by atoms with van der Waals surface area (Å²) in [5, 5.41) is 0.619. The molecule has 0 N–H and O–H groups in total. The zero-order valence-electron chi connectivity index (χ0n) is 10.3. The first-order valence-electron chi connectivity index (χ1n) is 6.11. The van der Waals surface area contributed by atoms with E-state index in [-0.39, 0.29) is 5.91 Å². The van der Waals surface area contributed by atoms with Crippen LogP contribution in [0.2, 0.25) is 5.02 Å². The molecule has 1 fully saturated rings. The number of halogens is 1. The van der Waals surface area contributed by atoms with E-state index in [0.717, 1.165) is 13.1 Å². The molecule has 1 amide bonds. The number of carbonyl (C=O) groups is 1. The second-order valence-electron chi connectivity index (χ2n) is 5.17. The van der Waals surface area contributed by atoms with Gasteiger partial charge in [0.15, 0.2) is 0 Å². The van der Waals surface area contributed by atoms with Crippen molar-refractivity contribution in [3.63, 3.8) is 0 Å². The Morgan fingerprint density at radius 2 is 1.94 bits per heavy atom. The Morgan fingerprint density at radius 1 is 1.29 bits per heavy atom. The quantitative estimate of drug-likeness (QED) is 0.749. The first-order chi connectivity index (χ1) is 8.06. The second-order valence-corrected chi connectivity index (χ2v) is 5.60. The highest BCUT2D eigenvalue weighted by Gasteiger charge is 2.25. The Hall–Kier alpha value is -1.02. The zero-order chi connectivity index (χ0) is 12.4. The lowest BCUT2D eigenvalue weighted by Gasteiger charge is -2.35. The lowest BCUT2D eigenvalue weighted by molar-refractivity contribution is 0.0623. The van der Waals surface area contributed by atoms with Crippen LogP contribution in [0.5, 0.6) is 0 Å². The van der Waals surface area contributed by atoms with Gasteiger partial charge in [0, 0.05) is 23.7 Å². The van der Waals surface area contributed by atoms with Gasteiger partial charge in [0.2, 0.25) is 0 Å². The van der Waals surface area contributed by atoms with Gasteiger partial charge in [-0.25, -0.2) is 0 Å². The van der Waals surface area contributed by atoms with E-state index >= 15 is 0 Å². The van der Waals surface area contributed by atoms with E-state index < -0.39 is 0 Å². The molecule has 1 saturated heterocycles. The highest BCUT2D eigenvalue weighted by atomic mass is 35.5. The molecule has 92 valence electrons. The number of nitrogens with zero attached hydrogens (tertiary/aromatic N) is 1. The summed E-state index contributed by atoms with van der Waals surface area (Å²) in [6.07, 6.45) is 1.21. The molecule has 1 aliphatic rings. The van der Waals surface area contributed by atoms with Crippen molar-refractivity contribution in [3.05, 3.63) is 34.9 Å². The van der Waals surface area contributed by atoms with Gasteiger partial charge in [-0.05, 0) is 36.5 Å². The van der Waals surface area contributed by atoms with Crippen molar-refractivity contribution in [3.8, 4) is 0 Å². The summed E-state index contributed by atoms with van der Waals surface area (Å²) in [5.74, 6) is 1.27. The van der Waals surface area contributed by atoms with Crippen LogP contribution < -0.4 is 0 Å². The van der Waals surface area contributed by atoms with Crippen LogP contribution in [0.3, 0.4) is 0 Å². The van der Waals surface area contributed by atoms with Gasteiger partial charge in [0.1, 0.15) is 0 Å². The van der Waals surface area contributed by atoms with Crippen molar-refractivity contribution in [2.24, 2.45) is 11.8 Å². The number of piperidine rings is 1. The van der Waals surface area contributed by atoms with Crippen molar-refractivity contribution in [2.45, 2.75) is 20.3 Å². The predicted octanol–water partition coefficient (Wildman–Crippen LogP) is 3.46.